The second kappa shape index (κ2) is 6.68. The van der Waals surface area contributed by atoms with Gasteiger partial charge in [-0.15, -0.1) is 0 Å². The second-order valence-corrected chi connectivity index (χ2v) is 5.48. The fraction of sp³-hybridized carbons (Fsp3) is 0.214. The highest BCUT2D eigenvalue weighted by Gasteiger charge is 2.06. The van der Waals surface area contributed by atoms with Gasteiger partial charge in [0.25, 0.3) is 0 Å². The summed E-state index contributed by atoms with van der Waals surface area (Å²) in [6.07, 6.45) is 0.923. The average molecular weight is 295 g/mol. The number of rotatable bonds is 5. The molecule has 0 bridgehead atoms. The van der Waals surface area contributed by atoms with Crippen molar-refractivity contribution < 1.29 is 4.74 Å². The van der Waals surface area contributed by atoms with Gasteiger partial charge in [-0.3, -0.25) is 0 Å². The summed E-state index contributed by atoms with van der Waals surface area (Å²) in [6.45, 7) is 2.66. The summed E-state index contributed by atoms with van der Waals surface area (Å²) in [5, 5.41) is 1.55. The molecule has 0 spiro atoms. The Morgan fingerprint density at radius 1 is 1.32 bits per heavy atom. The normalized spacial score (nSPS) is 10.4. The predicted octanol–water partition coefficient (Wildman–Crippen LogP) is 4.26. The number of hydrogen-bond acceptors (Lipinski definition) is 4. The van der Waals surface area contributed by atoms with Crippen LogP contribution in [0.3, 0.4) is 0 Å². The highest BCUT2D eigenvalue weighted by Crippen LogP contribution is 2.31. The first-order valence-corrected chi connectivity index (χ1v) is 7.21. The molecule has 0 amide bonds. The van der Waals surface area contributed by atoms with Crippen LogP contribution < -0.4 is 10.5 Å². The Morgan fingerprint density at radius 2 is 2.16 bits per heavy atom. The zero-order valence-electron chi connectivity index (χ0n) is 10.6. The summed E-state index contributed by atoms with van der Waals surface area (Å²) in [6, 6.07) is 11.3. The first-order chi connectivity index (χ1) is 9.19. The van der Waals surface area contributed by atoms with E-state index in [1.807, 2.05) is 43.3 Å². The van der Waals surface area contributed by atoms with E-state index in [0.29, 0.717) is 23.2 Å². The Labute approximate surface area is 122 Å². The molecule has 2 N–H and O–H groups in total. The number of aromatic nitrogens is 1. The molecule has 0 saturated heterocycles. The van der Waals surface area contributed by atoms with Crippen LogP contribution in [0.1, 0.15) is 13.3 Å². The number of nitrogens with zero attached hydrogens (tertiary/aromatic N) is 1. The predicted molar refractivity (Wildman–Crippen MR) is 80.0 cm³/mol. The minimum atomic E-state index is 0.494. The molecule has 0 unspecified atom stereocenters. The smallest absolute Gasteiger partial charge is 0.238 e. The molecule has 0 saturated carbocycles. The van der Waals surface area contributed by atoms with Crippen LogP contribution in [-0.4, -0.2) is 11.6 Å². The largest absolute Gasteiger partial charge is 0.476 e. The lowest BCUT2D eigenvalue weighted by atomic mass is 10.4. The first kappa shape index (κ1) is 14.0. The summed E-state index contributed by atoms with van der Waals surface area (Å²) in [5.74, 6) is 0.494. The molecule has 0 atom stereocenters. The van der Waals surface area contributed by atoms with Crippen molar-refractivity contribution in [2.24, 2.45) is 0 Å². The lowest BCUT2D eigenvalue weighted by Gasteiger charge is -2.08. The van der Waals surface area contributed by atoms with Gasteiger partial charge in [-0.1, -0.05) is 36.4 Å². The van der Waals surface area contributed by atoms with E-state index in [0.717, 1.165) is 16.3 Å². The van der Waals surface area contributed by atoms with Gasteiger partial charge in [-0.05, 0) is 36.8 Å². The van der Waals surface area contributed by atoms with E-state index in [4.69, 9.17) is 22.1 Å². The summed E-state index contributed by atoms with van der Waals surface area (Å²) in [4.78, 5) is 5.44. The molecule has 0 fully saturated rings. The highest BCUT2D eigenvalue weighted by atomic mass is 35.5. The van der Waals surface area contributed by atoms with Crippen LogP contribution in [0.4, 0.5) is 5.69 Å². The summed E-state index contributed by atoms with van der Waals surface area (Å²) in [7, 11) is 0. The van der Waals surface area contributed by atoms with Crippen LogP contribution in [-0.2, 0) is 0 Å². The van der Waals surface area contributed by atoms with Crippen molar-refractivity contribution in [2.75, 3.05) is 12.3 Å². The first-order valence-electron chi connectivity index (χ1n) is 6.02. The highest BCUT2D eigenvalue weighted by molar-refractivity contribution is 7.99. The van der Waals surface area contributed by atoms with Gasteiger partial charge in [0.05, 0.1) is 12.3 Å². The molecular weight excluding hydrogens is 280 g/mol. The molecule has 0 aliphatic rings. The third kappa shape index (κ3) is 4.04. The quantitative estimate of drug-likeness (QED) is 0.895. The van der Waals surface area contributed by atoms with Crippen molar-refractivity contribution in [1.29, 1.82) is 0 Å². The van der Waals surface area contributed by atoms with Gasteiger partial charge >= 0.3 is 0 Å². The van der Waals surface area contributed by atoms with E-state index in [9.17, 15) is 0 Å². The fourth-order valence-corrected chi connectivity index (χ4v) is 2.55. The molecule has 2 rings (SSSR count). The number of halogens is 1. The number of pyridine rings is 1. The summed E-state index contributed by atoms with van der Waals surface area (Å²) < 4.78 is 5.51. The molecule has 0 aliphatic carbocycles. The fourth-order valence-electron chi connectivity index (χ4n) is 1.46. The van der Waals surface area contributed by atoms with Crippen LogP contribution in [0, 0.1) is 0 Å². The number of nitrogen functional groups attached to an aromatic ring is 1. The average Bonchev–Trinajstić information content (AvgIpc) is 2.39. The Balaban J connectivity index is 2.16. The maximum atomic E-state index is 5.96. The summed E-state index contributed by atoms with van der Waals surface area (Å²) >= 11 is 7.48. The summed E-state index contributed by atoms with van der Waals surface area (Å²) in [5.41, 5.74) is 6.39. The molecular formula is C14H15ClN2OS. The van der Waals surface area contributed by atoms with Gasteiger partial charge in [-0.2, -0.15) is 0 Å². The van der Waals surface area contributed by atoms with Gasteiger partial charge in [0.1, 0.15) is 5.03 Å². The van der Waals surface area contributed by atoms with Gasteiger partial charge < -0.3 is 10.5 Å². The van der Waals surface area contributed by atoms with Crippen LogP contribution in [0.2, 0.25) is 5.02 Å². The number of hydrogen-bond donors (Lipinski definition) is 1. The molecule has 0 aliphatic heterocycles. The third-order valence-corrected chi connectivity index (χ3v) is 3.49. The molecule has 100 valence electrons. The number of benzene rings is 1. The van der Waals surface area contributed by atoms with Crippen LogP contribution in [0.15, 0.2) is 46.3 Å². The van der Waals surface area contributed by atoms with E-state index < -0.39 is 0 Å². The van der Waals surface area contributed by atoms with Gasteiger partial charge in [0, 0.05) is 9.92 Å². The molecule has 3 nitrogen and oxygen atoms in total. The van der Waals surface area contributed by atoms with E-state index in [1.54, 1.807) is 0 Å². The maximum Gasteiger partial charge on any atom is 0.238 e. The SMILES string of the molecule is CCCOc1nc(Sc2cccc(Cl)c2)ccc1N. The number of anilines is 1. The molecule has 0 radical (unpaired) electrons. The van der Waals surface area contributed by atoms with Crippen molar-refractivity contribution in [3.05, 3.63) is 41.4 Å². The maximum absolute atomic E-state index is 5.96. The monoisotopic (exact) mass is 294 g/mol. The van der Waals surface area contributed by atoms with Gasteiger partial charge in [-0.25, -0.2) is 4.98 Å². The Morgan fingerprint density at radius 3 is 2.89 bits per heavy atom. The Hall–Kier alpha value is -1.39. The second-order valence-electron chi connectivity index (χ2n) is 3.95. The third-order valence-electron chi connectivity index (χ3n) is 2.33. The minimum absolute atomic E-state index is 0.494. The van der Waals surface area contributed by atoms with Gasteiger partial charge in [0.15, 0.2) is 0 Å². The number of nitrogens with two attached hydrogens (primary N) is 1. The van der Waals surface area contributed by atoms with E-state index in [-0.39, 0.29) is 0 Å². The van der Waals surface area contributed by atoms with Crippen molar-refractivity contribution in [3.63, 3.8) is 0 Å². The van der Waals surface area contributed by atoms with Crippen molar-refractivity contribution >= 4 is 29.1 Å². The molecule has 2 aromatic rings. The molecule has 1 aromatic heterocycles. The lowest BCUT2D eigenvalue weighted by molar-refractivity contribution is 0.305. The Kier molecular flexibility index (Phi) is 4.93. The standard InChI is InChI=1S/C14H15ClN2OS/c1-2-8-18-14-12(16)6-7-13(17-14)19-11-5-3-4-10(15)9-11/h3-7,9H,2,8,16H2,1H3. The van der Waals surface area contributed by atoms with E-state index in [1.165, 1.54) is 11.8 Å². The van der Waals surface area contributed by atoms with Crippen LogP contribution in [0.5, 0.6) is 5.88 Å². The lowest BCUT2D eigenvalue weighted by Crippen LogP contribution is -2.01. The molecule has 19 heavy (non-hydrogen) atoms. The zero-order chi connectivity index (χ0) is 13.7. The Bertz CT molecular complexity index is 563. The van der Waals surface area contributed by atoms with Crippen LogP contribution in [0.25, 0.3) is 0 Å². The van der Waals surface area contributed by atoms with Gasteiger partial charge in [0.2, 0.25) is 5.88 Å². The zero-order valence-corrected chi connectivity index (χ0v) is 12.2. The van der Waals surface area contributed by atoms with E-state index >= 15 is 0 Å². The van der Waals surface area contributed by atoms with Crippen molar-refractivity contribution in [3.8, 4) is 5.88 Å². The van der Waals surface area contributed by atoms with Crippen molar-refractivity contribution in [2.45, 2.75) is 23.3 Å². The topological polar surface area (TPSA) is 48.1 Å². The molecule has 1 heterocycles. The van der Waals surface area contributed by atoms with Crippen molar-refractivity contribution in [1.82, 2.24) is 4.98 Å². The van der Waals surface area contributed by atoms with Crippen LogP contribution >= 0.6 is 23.4 Å². The minimum Gasteiger partial charge on any atom is -0.476 e. The molecule has 1 aromatic carbocycles. The number of ether oxygens (including phenoxy) is 1. The molecule has 5 heteroatoms. The van der Waals surface area contributed by atoms with E-state index in [2.05, 4.69) is 4.98 Å².